The van der Waals surface area contributed by atoms with Gasteiger partial charge in [0.25, 0.3) is 5.91 Å². The molecule has 2 aliphatic rings. The van der Waals surface area contributed by atoms with Crippen molar-refractivity contribution < 1.29 is 4.79 Å². The van der Waals surface area contributed by atoms with Gasteiger partial charge in [-0.3, -0.25) is 9.69 Å². The van der Waals surface area contributed by atoms with Gasteiger partial charge >= 0.3 is 0 Å². The Morgan fingerprint density at radius 1 is 1.21 bits per heavy atom. The van der Waals surface area contributed by atoms with Gasteiger partial charge in [0.15, 0.2) is 5.82 Å². The summed E-state index contributed by atoms with van der Waals surface area (Å²) in [4.78, 5) is 27.6. The second-order valence-corrected chi connectivity index (χ2v) is 9.17. The zero-order chi connectivity index (χ0) is 24.0. The van der Waals surface area contributed by atoms with Crippen LogP contribution in [0.4, 0.5) is 11.6 Å². The highest BCUT2D eigenvalue weighted by Gasteiger charge is 2.35. The van der Waals surface area contributed by atoms with E-state index in [2.05, 4.69) is 41.2 Å². The second kappa shape index (κ2) is 8.79. The van der Waals surface area contributed by atoms with Gasteiger partial charge in [-0.2, -0.15) is 0 Å². The van der Waals surface area contributed by atoms with Crippen molar-refractivity contribution >= 4 is 17.5 Å². The van der Waals surface area contributed by atoms with Crippen molar-refractivity contribution in [3.05, 3.63) is 46.9 Å². The number of fused-ring (bicyclic) bond motifs is 1. The molecule has 1 fully saturated rings. The lowest BCUT2D eigenvalue weighted by Crippen LogP contribution is -2.28. The van der Waals surface area contributed by atoms with Gasteiger partial charge in [-0.15, -0.1) is 10.2 Å². The lowest BCUT2D eigenvalue weighted by atomic mass is 10.0. The molecule has 178 valence electrons. The predicted molar refractivity (Wildman–Crippen MR) is 132 cm³/mol. The molecular formula is C25H32N8O. The van der Waals surface area contributed by atoms with E-state index in [0.717, 1.165) is 54.4 Å². The average molecular weight is 461 g/mol. The molecule has 0 spiro atoms. The maximum Gasteiger partial charge on any atom is 0.260 e. The number of pyridine rings is 2. The maximum absolute atomic E-state index is 13.7. The number of hydrogen-bond donors (Lipinski definition) is 1. The third kappa shape index (κ3) is 3.64. The number of rotatable bonds is 6. The number of aryl methyl sites for hydroxylation is 1. The van der Waals surface area contributed by atoms with E-state index in [-0.39, 0.29) is 11.9 Å². The van der Waals surface area contributed by atoms with E-state index in [1.54, 1.807) is 4.90 Å². The fourth-order valence-corrected chi connectivity index (χ4v) is 5.06. The number of carbonyl (C=O) groups is 1. The second-order valence-electron chi connectivity index (χ2n) is 9.17. The number of nitrogens with one attached hydrogen (secondary N) is 1. The Balaban J connectivity index is 1.54. The minimum absolute atomic E-state index is 0.0322. The molecule has 3 aromatic heterocycles. The van der Waals surface area contributed by atoms with Gasteiger partial charge in [-0.1, -0.05) is 6.07 Å². The van der Waals surface area contributed by atoms with Crippen molar-refractivity contribution in [3.63, 3.8) is 0 Å². The first-order valence-corrected chi connectivity index (χ1v) is 12.1. The Hall–Kier alpha value is -3.33. The third-order valence-corrected chi connectivity index (χ3v) is 7.12. The molecule has 5 rings (SSSR count). The van der Waals surface area contributed by atoms with E-state index in [1.807, 2.05) is 42.8 Å². The molecule has 0 saturated carbocycles. The van der Waals surface area contributed by atoms with E-state index in [4.69, 9.17) is 9.97 Å². The Morgan fingerprint density at radius 2 is 2.03 bits per heavy atom. The molecule has 9 heteroatoms. The van der Waals surface area contributed by atoms with Crippen LogP contribution in [0.2, 0.25) is 0 Å². The quantitative estimate of drug-likeness (QED) is 0.602. The molecule has 2 aliphatic heterocycles. The molecule has 5 heterocycles. The van der Waals surface area contributed by atoms with E-state index in [1.165, 1.54) is 0 Å². The van der Waals surface area contributed by atoms with Gasteiger partial charge in [-0.05, 0) is 65.8 Å². The molecule has 1 amide bonds. The molecule has 1 unspecified atom stereocenters. The minimum atomic E-state index is -0.0344. The average Bonchev–Trinajstić information content (AvgIpc) is 3.54. The topological polar surface area (TPSA) is 92.1 Å². The summed E-state index contributed by atoms with van der Waals surface area (Å²) in [7, 11) is 1.93. The predicted octanol–water partition coefficient (Wildman–Crippen LogP) is 3.49. The van der Waals surface area contributed by atoms with Gasteiger partial charge in [0.2, 0.25) is 0 Å². The fraction of sp³-hybridized carbons (Fsp3) is 0.480. The molecule has 0 aliphatic carbocycles. The van der Waals surface area contributed by atoms with Crippen LogP contribution in [0.5, 0.6) is 0 Å². The number of amides is 1. The van der Waals surface area contributed by atoms with Crippen molar-refractivity contribution in [1.29, 1.82) is 0 Å². The monoisotopic (exact) mass is 460 g/mol. The molecule has 2 atom stereocenters. The van der Waals surface area contributed by atoms with Crippen LogP contribution >= 0.6 is 0 Å². The van der Waals surface area contributed by atoms with Crippen LogP contribution in [-0.4, -0.2) is 50.3 Å². The zero-order valence-electron chi connectivity index (χ0n) is 20.5. The summed E-state index contributed by atoms with van der Waals surface area (Å²) in [5.74, 6) is 3.02. The van der Waals surface area contributed by atoms with Crippen LogP contribution in [-0.2, 0) is 13.1 Å². The van der Waals surface area contributed by atoms with E-state index in [0.29, 0.717) is 29.9 Å². The van der Waals surface area contributed by atoms with E-state index >= 15 is 0 Å². The standard InChI is InChI=1S/C25H32N8O/c1-6-31-17(4)29-30-24(31)20-10-7-11-21(27-20)33-14-19-18(25(33)34)13-22(28-23(19)16(3)26-5)32-12-8-9-15(32)2/h7,10-11,13,15-16,26H,6,8-9,12,14H2,1-5H3/t15-,16?/m1/s1. The van der Waals surface area contributed by atoms with Gasteiger partial charge in [0, 0.05) is 30.7 Å². The van der Waals surface area contributed by atoms with Crippen LogP contribution in [0, 0.1) is 6.92 Å². The maximum atomic E-state index is 13.7. The van der Waals surface area contributed by atoms with Crippen LogP contribution in [0.25, 0.3) is 11.5 Å². The lowest BCUT2D eigenvalue weighted by Gasteiger charge is -2.25. The van der Waals surface area contributed by atoms with E-state index < -0.39 is 0 Å². The molecule has 0 radical (unpaired) electrons. The molecule has 1 saturated heterocycles. The number of nitrogens with zero attached hydrogens (tertiary/aromatic N) is 7. The van der Waals surface area contributed by atoms with Crippen molar-refractivity contribution in [3.8, 4) is 11.5 Å². The number of aromatic nitrogens is 5. The summed E-state index contributed by atoms with van der Waals surface area (Å²) in [6, 6.07) is 8.15. The van der Waals surface area contributed by atoms with E-state index in [9.17, 15) is 4.79 Å². The molecule has 3 aromatic rings. The van der Waals surface area contributed by atoms with Gasteiger partial charge in [0.05, 0.1) is 17.8 Å². The number of hydrogen-bond acceptors (Lipinski definition) is 7. The Bertz CT molecular complexity index is 1240. The molecule has 34 heavy (non-hydrogen) atoms. The van der Waals surface area contributed by atoms with Gasteiger partial charge in [-0.25, -0.2) is 9.97 Å². The Labute approximate surface area is 200 Å². The molecule has 0 aromatic carbocycles. The Kier molecular flexibility index (Phi) is 5.81. The van der Waals surface area contributed by atoms with Gasteiger partial charge in [0.1, 0.15) is 23.2 Å². The van der Waals surface area contributed by atoms with Gasteiger partial charge < -0.3 is 14.8 Å². The normalized spacial score (nSPS) is 18.6. The van der Waals surface area contributed by atoms with Crippen LogP contribution in [0.15, 0.2) is 24.3 Å². The minimum Gasteiger partial charge on any atom is -0.354 e. The largest absolute Gasteiger partial charge is 0.354 e. The molecule has 9 nitrogen and oxygen atoms in total. The summed E-state index contributed by atoms with van der Waals surface area (Å²) in [6.45, 7) is 10.5. The molecular weight excluding hydrogens is 428 g/mol. The van der Waals surface area contributed by atoms with Crippen molar-refractivity contribution in [2.75, 3.05) is 23.4 Å². The van der Waals surface area contributed by atoms with Crippen molar-refractivity contribution in [2.45, 2.75) is 65.7 Å². The van der Waals surface area contributed by atoms with Crippen molar-refractivity contribution in [1.82, 2.24) is 30.0 Å². The molecule has 0 bridgehead atoms. The summed E-state index contributed by atoms with van der Waals surface area (Å²) in [6.07, 6.45) is 2.30. The summed E-state index contributed by atoms with van der Waals surface area (Å²) in [5, 5.41) is 11.8. The lowest BCUT2D eigenvalue weighted by molar-refractivity contribution is 0.0996. The summed E-state index contributed by atoms with van der Waals surface area (Å²) >= 11 is 0. The summed E-state index contributed by atoms with van der Waals surface area (Å²) in [5.41, 5.74) is 3.34. The van der Waals surface area contributed by atoms with Crippen LogP contribution < -0.4 is 15.1 Å². The summed E-state index contributed by atoms with van der Waals surface area (Å²) < 4.78 is 2.02. The van der Waals surface area contributed by atoms with Crippen LogP contribution in [0.3, 0.4) is 0 Å². The first kappa shape index (κ1) is 22.5. The molecule has 1 N–H and O–H groups in total. The zero-order valence-corrected chi connectivity index (χ0v) is 20.5. The third-order valence-electron chi connectivity index (χ3n) is 7.12. The van der Waals surface area contributed by atoms with Crippen LogP contribution in [0.1, 0.15) is 67.1 Å². The van der Waals surface area contributed by atoms with Crippen molar-refractivity contribution in [2.24, 2.45) is 0 Å². The highest BCUT2D eigenvalue weighted by atomic mass is 16.2. The Morgan fingerprint density at radius 3 is 2.74 bits per heavy atom. The fourth-order valence-electron chi connectivity index (χ4n) is 5.06. The first-order valence-electron chi connectivity index (χ1n) is 12.1. The number of anilines is 2. The first-order chi connectivity index (χ1) is 16.4. The highest BCUT2D eigenvalue weighted by molar-refractivity contribution is 6.10. The highest BCUT2D eigenvalue weighted by Crippen LogP contribution is 2.35. The SMILES string of the molecule is CCn1c(C)nnc1-c1cccc(N2Cc3c(cc(N4CCC[C@H]4C)nc3C(C)NC)C2=O)n1. The smallest absolute Gasteiger partial charge is 0.260 e. The number of carbonyl (C=O) groups excluding carboxylic acids is 1.